The zero-order valence-electron chi connectivity index (χ0n) is 17.1. The summed E-state index contributed by atoms with van der Waals surface area (Å²) in [6.45, 7) is 5.65. The van der Waals surface area contributed by atoms with Gasteiger partial charge in [-0.15, -0.1) is 10.8 Å². The van der Waals surface area contributed by atoms with Crippen molar-refractivity contribution in [1.82, 2.24) is 19.8 Å². The monoisotopic (exact) mass is 419 g/mol. The van der Waals surface area contributed by atoms with Gasteiger partial charge in [0.05, 0.1) is 35.5 Å². The number of piperidine rings is 1. The molecule has 2 N–H and O–H groups in total. The van der Waals surface area contributed by atoms with Crippen molar-refractivity contribution in [3.05, 3.63) is 54.1 Å². The van der Waals surface area contributed by atoms with Gasteiger partial charge in [0.1, 0.15) is 6.61 Å². The SMILES string of the molecule is CC.COS(O)(c1cccnc1)N1CCC(NOCc2cc(C#N)ccn2)CC1. The molecule has 3 heterocycles. The number of aromatic nitrogens is 2. The Balaban J connectivity index is 0.00000145. The molecule has 0 spiro atoms. The minimum absolute atomic E-state index is 0.176. The molecule has 0 aliphatic carbocycles. The molecule has 1 aliphatic rings. The first kappa shape index (κ1) is 23.2. The molecule has 0 amide bonds. The Hall–Kier alpha value is -2.06. The van der Waals surface area contributed by atoms with Gasteiger partial charge in [0, 0.05) is 31.5 Å². The van der Waals surface area contributed by atoms with Crippen molar-refractivity contribution < 1.29 is 13.6 Å². The fourth-order valence-electron chi connectivity index (χ4n) is 2.94. The predicted molar refractivity (Wildman–Crippen MR) is 113 cm³/mol. The van der Waals surface area contributed by atoms with Crippen LogP contribution in [-0.2, 0) is 15.6 Å². The Morgan fingerprint density at radius 1 is 1.31 bits per heavy atom. The fourth-order valence-corrected chi connectivity index (χ4v) is 4.80. The summed E-state index contributed by atoms with van der Waals surface area (Å²) >= 11 is 0. The van der Waals surface area contributed by atoms with Gasteiger partial charge in [0.25, 0.3) is 0 Å². The van der Waals surface area contributed by atoms with Crippen LogP contribution in [0.1, 0.15) is 37.9 Å². The molecule has 29 heavy (non-hydrogen) atoms. The molecule has 2 aromatic heterocycles. The Labute approximate surface area is 174 Å². The van der Waals surface area contributed by atoms with Gasteiger partial charge in [-0.1, -0.05) is 13.8 Å². The number of pyridine rings is 2. The second kappa shape index (κ2) is 11.8. The van der Waals surface area contributed by atoms with Crippen LogP contribution in [0.15, 0.2) is 47.8 Å². The van der Waals surface area contributed by atoms with E-state index >= 15 is 0 Å². The average molecular weight is 420 g/mol. The predicted octanol–water partition coefficient (Wildman–Crippen LogP) is 3.67. The van der Waals surface area contributed by atoms with Gasteiger partial charge in [-0.05, 0) is 37.1 Å². The van der Waals surface area contributed by atoms with Crippen LogP contribution in [0, 0.1) is 11.3 Å². The highest BCUT2D eigenvalue weighted by molar-refractivity contribution is 8.23. The summed E-state index contributed by atoms with van der Waals surface area (Å²) in [6.07, 6.45) is 6.54. The van der Waals surface area contributed by atoms with E-state index in [1.165, 1.54) is 7.11 Å². The first-order chi connectivity index (χ1) is 14.2. The van der Waals surface area contributed by atoms with Crippen LogP contribution in [-0.4, -0.2) is 45.1 Å². The molecule has 0 saturated carbocycles. The van der Waals surface area contributed by atoms with E-state index in [1.54, 1.807) is 36.8 Å². The van der Waals surface area contributed by atoms with Crippen molar-refractivity contribution >= 4 is 10.8 Å². The van der Waals surface area contributed by atoms with Crippen molar-refractivity contribution in [2.24, 2.45) is 0 Å². The Bertz CT molecular complexity index is 781. The van der Waals surface area contributed by atoms with Crippen LogP contribution >= 0.6 is 10.8 Å². The van der Waals surface area contributed by atoms with Gasteiger partial charge in [0.2, 0.25) is 0 Å². The molecule has 1 aliphatic heterocycles. The van der Waals surface area contributed by atoms with E-state index in [0.717, 1.165) is 12.8 Å². The molecule has 0 radical (unpaired) electrons. The smallest absolute Gasteiger partial charge is 0.110 e. The molecule has 9 heteroatoms. The number of rotatable bonds is 7. The maximum atomic E-state index is 11.0. The molecule has 3 rings (SSSR count). The number of nitriles is 1. The topological polar surface area (TPSA) is 104 Å². The third kappa shape index (κ3) is 6.21. The van der Waals surface area contributed by atoms with Crippen LogP contribution in [0.2, 0.25) is 0 Å². The van der Waals surface area contributed by atoms with Crippen LogP contribution in [0.25, 0.3) is 0 Å². The second-order valence-electron chi connectivity index (χ2n) is 6.11. The van der Waals surface area contributed by atoms with Gasteiger partial charge in [-0.2, -0.15) is 10.7 Å². The largest absolute Gasteiger partial charge is 0.295 e. The molecule has 0 bridgehead atoms. The lowest BCUT2D eigenvalue weighted by Crippen LogP contribution is -2.43. The molecule has 0 aromatic carbocycles. The van der Waals surface area contributed by atoms with Crippen molar-refractivity contribution in [1.29, 1.82) is 5.26 Å². The lowest BCUT2D eigenvalue weighted by Gasteiger charge is -2.48. The lowest BCUT2D eigenvalue weighted by molar-refractivity contribution is -0.00891. The van der Waals surface area contributed by atoms with E-state index in [-0.39, 0.29) is 6.04 Å². The maximum Gasteiger partial charge on any atom is 0.110 e. The normalized spacial score (nSPS) is 18.0. The molecule has 2 aromatic rings. The molecule has 1 unspecified atom stereocenters. The summed E-state index contributed by atoms with van der Waals surface area (Å²) in [7, 11) is -0.964. The molecule has 158 valence electrons. The van der Waals surface area contributed by atoms with E-state index in [4.69, 9.17) is 14.3 Å². The van der Waals surface area contributed by atoms with Crippen molar-refractivity contribution in [3.63, 3.8) is 0 Å². The highest BCUT2D eigenvalue weighted by atomic mass is 32.3. The van der Waals surface area contributed by atoms with E-state index < -0.39 is 10.8 Å². The highest BCUT2D eigenvalue weighted by Crippen LogP contribution is 2.56. The summed E-state index contributed by atoms with van der Waals surface area (Å²) in [5, 5.41) is 8.91. The van der Waals surface area contributed by atoms with Crippen LogP contribution < -0.4 is 5.48 Å². The summed E-state index contributed by atoms with van der Waals surface area (Å²) in [5.41, 5.74) is 4.33. The number of hydrogen-bond donors (Lipinski definition) is 2. The standard InChI is InChI=1S/C18H23N5O3S.C2H6/c1-25-27(24,18-3-2-7-20-13-18)23-9-5-16(6-10-23)22-26-14-17-11-15(12-19)4-8-21-17;1-2/h2-4,7-8,11,13,16,22,24H,5-6,9-10,14H2,1H3;1-2H3. The first-order valence-corrected chi connectivity index (χ1v) is 11.1. The van der Waals surface area contributed by atoms with Crippen LogP contribution in [0.3, 0.4) is 0 Å². The number of nitrogens with one attached hydrogen (secondary N) is 1. The zero-order chi connectivity index (χ0) is 21.1. The lowest BCUT2D eigenvalue weighted by atomic mass is 10.1. The minimum Gasteiger partial charge on any atom is -0.295 e. The number of hydrogen-bond acceptors (Lipinski definition) is 8. The van der Waals surface area contributed by atoms with Gasteiger partial charge < -0.3 is 0 Å². The third-order valence-corrected chi connectivity index (χ3v) is 6.78. The van der Waals surface area contributed by atoms with E-state index in [2.05, 4.69) is 21.5 Å². The second-order valence-corrected chi connectivity index (χ2v) is 8.42. The zero-order valence-corrected chi connectivity index (χ0v) is 17.9. The van der Waals surface area contributed by atoms with Gasteiger partial charge in [-0.3, -0.25) is 23.5 Å². The van der Waals surface area contributed by atoms with Crippen molar-refractivity contribution in [2.45, 2.75) is 44.2 Å². The fraction of sp³-hybridized carbons (Fsp3) is 0.450. The Morgan fingerprint density at radius 2 is 2.07 bits per heavy atom. The quantitative estimate of drug-likeness (QED) is 0.655. The minimum atomic E-state index is -2.49. The number of hydroxylamine groups is 1. The summed E-state index contributed by atoms with van der Waals surface area (Å²) in [4.78, 5) is 14.5. The van der Waals surface area contributed by atoms with Gasteiger partial charge in [-0.25, -0.2) is 4.31 Å². The average Bonchev–Trinajstić information content (AvgIpc) is 2.81. The van der Waals surface area contributed by atoms with Crippen molar-refractivity contribution in [3.8, 4) is 6.07 Å². The summed E-state index contributed by atoms with van der Waals surface area (Å²) < 4.78 is 18.5. The van der Waals surface area contributed by atoms with Gasteiger partial charge >= 0.3 is 0 Å². The number of nitrogens with zero attached hydrogens (tertiary/aromatic N) is 4. The first-order valence-electron chi connectivity index (χ1n) is 9.64. The van der Waals surface area contributed by atoms with E-state index in [1.807, 2.05) is 24.2 Å². The van der Waals surface area contributed by atoms with Crippen LogP contribution in [0.5, 0.6) is 0 Å². The summed E-state index contributed by atoms with van der Waals surface area (Å²) in [5.74, 6) is 0. The molecule has 8 nitrogen and oxygen atoms in total. The maximum absolute atomic E-state index is 11.0. The third-order valence-electron chi connectivity index (χ3n) is 4.39. The molecular formula is C20H29N5O3S. The Morgan fingerprint density at radius 3 is 2.69 bits per heavy atom. The summed E-state index contributed by atoms with van der Waals surface area (Å²) in [6, 6.07) is 9.26. The molecule has 1 saturated heterocycles. The van der Waals surface area contributed by atoms with E-state index in [9.17, 15) is 4.55 Å². The van der Waals surface area contributed by atoms with E-state index in [0.29, 0.717) is 35.8 Å². The van der Waals surface area contributed by atoms with Crippen molar-refractivity contribution in [2.75, 3.05) is 20.2 Å². The van der Waals surface area contributed by atoms with Crippen LogP contribution in [0.4, 0.5) is 0 Å². The highest BCUT2D eigenvalue weighted by Gasteiger charge is 2.31. The molecule has 1 atom stereocenters. The molecular weight excluding hydrogens is 390 g/mol. The van der Waals surface area contributed by atoms with Gasteiger partial charge in [0.15, 0.2) is 0 Å². The Kier molecular flexibility index (Phi) is 9.47. The molecule has 1 fully saturated rings.